The van der Waals surface area contributed by atoms with Gasteiger partial charge in [-0.1, -0.05) is 47.5 Å². The number of hydrogen-bond donors (Lipinski definition) is 1. The van der Waals surface area contributed by atoms with Gasteiger partial charge in [-0.05, 0) is 53.1 Å². The number of rotatable bonds is 6. The number of benzene rings is 2. The summed E-state index contributed by atoms with van der Waals surface area (Å²) in [6.45, 7) is 2.53. The fourth-order valence-corrected chi connectivity index (χ4v) is 5.12. The molecule has 1 amide bonds. The zero-order chi connectivity index (χ0) is 26.6. The molecular formula is C29H25Cl2N5O2. The number of ether oxygens (including phenoxy) is 1. The van der Waals surface area contributed by atoms with Crippen LogP contribution in [0.5, 0.6) is 5.75 Å². The first-order valence-corrected chi connectivity index (χ1v) is 12.9. The number of hydrogen-bond acceptors (Lipinski definition) is 5. The molecule has 2 aromatic carbocycles. The highest BCUT2D eigenvalue weighted by Crippen LogP contribution is 2.35. The SMILES string of the molecule is COc1cc2c3c(n(C(=O)NCc4ccnc(Cl)c4)c2cc1C#N)CCN(CC=Cc1ccc(Cl)cc1)C3. The second-order valence-electron chi connectivity index (χ2n) is 9.03. The number of amides is 1. The van der Waals surface area contributed by atoms with Crippen LogP contribution in [0.2, 0.25) is 10.2 Å². The molecule has 0 unspecified atom stereocenters. The van der Waals surface area contributed by atoms with Gasteiger partial charge >= 0.3 is 6.03 Å². The van der Waals surface area contributed by atoms with Gasteiger partial charge in [0.1, 0.15) is 17.0 Å². The molecule has 38 heavy (non-hydrogen) atoms. The maximum Gasteiger partial charge on any atom is 0.326 e. The number of pyridine rings is 1. The Balaban J connectivity index is 1.44. The monoisotopic (exact) mass is 545 g/mol. The number of aromatic nitrogens is 2. The third-order valence-corrected chi connectivity index (χ3v) is 7.11. The van der Waals surface area contributed by atoms with Crippen LogP contribution < -0.4 is 10.1 Å². The molecule has 0 fully saturated rings. The van der Waals surface area contributed by atoms with Crippen LogP contribution in [0, 0.1) is 11.3 Å². The Bertz CT molecular complexity index is 1570. The van der Waals surface area contributed by atoms with E-state index < -0.39 is 0 Å². The minimum Gasteiger partial charge on any atom is -0.495 e. The minimum absolute atomic E-state index is 0.255. The lowest BCUT2D eigenvalue weighted by molar-refractivity contribution is 0.240. The summed E-state index contributed by atoms with van der Waals surface area (Å²) in [5, 5.41) is 14.7. The summed E-state index contributed by atoms with van der Waals surface area (Å²) in [5.74, 6) is 0.492. The van der Waals surface area contributed by atoms with E-state index in [0.717, 1.165) is 40.9 Å². The Morgan fingerprint density at radius 2 is 2.03 bits per heavy atom. The van der Waals surface area contributed by atoms with Gasteiger partial charge in [-0.15, -0.1) is 0 Å². The molecule has 4 aromatic rings. The number of fused-ring (bicyclic) bond motifs is 3. The van der Waals surface area contributed by atoms with Crippen molar-refractivity contribution in [3.05, 3.63) is 98.9 Å². The molecule has 5 rings (SSSR count). The average molecular weight is 546 g/mol. The maximum absolute atomic E-state index is 13.5. The van der Waals surface area contributed by atoms with Gasteiger partial charge in [0.25, 0.3) is 0 Å². The highest BCUT2D eigenvalue weighted by molar-refractivity contribution is 6.30. The largest absolute Gasteiger partial charge is 0.495 e. The fourth-order valence-electron chi connectivity index (χ4n) is 4.80. The van der Waals surface area contributed by atoms with Gasteiger partial charge in [0, 0.05) is 54.9 Å². The molecular weight excluding hydrogens is 521 g/mol. The molecule has 7 nitrogen and oxygen atoms in total. The van der Waals surface area contributed by atoms with Crippen molar-refractivity contribution in [3.8, 4) is 11.8 Å². The van der Waals surface area contributed by atoms with Crippen molar-refractivity contribution >= 4 is 46.2 Å². The highest BCUT2D eigenvalue weighted by atomic mass is 35.5. The Labute approximate surface area is 230 Å². The summed E-state index contributed by atoms with van der Waals surface area (Å²) in [7, 11) is 1.55. The van der Waals surface area contributed by atoms with Gasteiger partial charge in [-0.3, -0.25) is 9.47 Å². The fraction of sp³-hybridized carbons (Fsp3) is 0.207. The number of carbonyl (C=O) groups is 1. The van der Waals surface area contributed by atoms with Crippen molar-refractivity contribution < 1.29 is 9.53 Å². The summed E-state index contributed by atoms with van der Waals surface area (Å²) in [6.07, 6.45) is 6.51. The van der Waals surface area contributed by atoms with Crippen LogP contribution in [-0.4, -0.2) is 40.7 Å². The number of halogens is 2. The van der Waals surface area contributed by atoms with Crippen molar-refractivity contribution in [2.24, 2.45) is 0 Å². The Morgan fingerprint density at radius 1 is 1.21 bits per heavy atom. The predicted octanol–water partition coefficient (Wildman–Crippen LogP) is 6.05. The smallest absolute Gasteiger partial charge is 0.326 e. The van der Waals surface area contributed by atoms with E-state index in [2.05, 4.69) is 33.4 Å². The van der Waals surface area contributed by atoms with Crippen LogP contribution >= 0.6 is 23.2 Å². The lowest BCUT2D eigenvalue weighted by atomic mass is 10.0. The molecule has 0 aliphatic carbocycles. The van der Waals surface area contributed by atoms with Crippen LogP contribution in [0.1, 0.15) is 27.9 Å². The summed E-state index contributed by atoms with van der Waals surface area (Å²) < 4.78 is 7.19. The van der Waals surface area contributed by atoms with E-state index in [9.17, 15) is 10.1 Å². The van der Waals surface area contributed by atoms with Gasteiger partial charge in [0.15, 0.2) is 0 Å². The molecule has 0 radical (unpaired) electrons. The molecule has 1 N–H and O–H groups in total. The Morgan fingerprint density at radius 3 is 2.76 bits per heavy atom. The number of carbonyl (C=O) groups excluding carboxylic acids is 1. The number of nitriles is 1. The molecule has 0 saturated carbocycles. The molecule has 2 aromatic heterocycles. The molecule has 0 saturated heterocycles. The first-order valence-electron chi connectivity index (χ1n) is 12.1. The topological polar surface area (TPSA) is 83.2 Å². The lowest BCUT2D eigenvalue weighted by Crippen LogP contribution is -2.34. The van der Waals surface area contributed by atoms with Gasteiger partial charge < -0.3 is 10.1 Å². The third-order valence-electron chi connectivity index (χ3n) is 6.65. The third kappa shape index (κ3) is 5.39. The van der Waals surface area contributed by atoms with Crippen molar-refractivity contribution in [3.63, 3.8) is 0 Å². The first-order chi connectivity index (χ1) is 18.5. The van der Waals surface area contributed by atoms with Gasteiger partial charge in [-0.25, -0.2) is 9.78 Å². The normalized spacial score (nSPS) is 13.4. The Kier molecular flexibility index (Phi) is 7.66. The van der Waals surface area contributed by atoms with E-state index >= 15 is 0 Å². The van der Waals surface area contributed by atoms with Crippen molar-refractivity contribution in [1.82, 2.24) is 19.8 Å². The van der Waals surface area contributed by atoms with E-state index in [1.807, 2.05) is 36.4 Å². The van der Waals surface area contributed by atoms with Crippen LogP contribution in [0.3, 0.4) is 0 Å². The minimum atomic E-state index is -0.255. The molecule has 192 valence electrons. The van der Waals surface area contributed by atoms with Crippen LogP contribution in [0.4, 0.5) is 4.79 Å². The first kappa shape index (κ1) is 25.8. The number of methoxy groups -OCH3 is 1. The molecule has 0 bridgehead atoms. The van der Waals surface area contributed by atoms with Crippen molar-refractivity contribution in [1.29, 1.82) is 5.26 Å². The lowest BCUT2D eigenvalue weighted by Gasteiger charge is -2.27. The summed E-state index contributed by atoms with van der Waals surface area (Å²) in [6, 6.07) is 16.8. The van der Waals surface area contributed by atoms with Crippen molar-refractivity contribution in [2.75, 3.05) is 20.2 Å². The molecule has 1 aliphatic heterocycles. The van der Waals surface area contributed by atoms with Crippen LogP contribution in [0.25, 0.3) is 17.0 Å². The maximum atomic E-state index is 13.5. The second-order valence-corrected chi connectivity index (χ2v) is 9.85. The molecule has 0 atom stereocenters. The molecule has 3 heterocycles. The van der Waals surface area contributed by atoms with Crippen molar-refractivity contribution in [2.45, 2.75) is 19.5 Å². The van der Waals surface area contributed by atoms with Crippen LogP contribution in [-0.2, 0) is 19.5 Å². The average Bonchev–Trinajstić information content (AvgIpc) is 3.24. The van der Waals surface area contributed by atoms with Crippen LogP contribution in [0.15, 0.2) is 60.8 Å². The van der Waals surface area contributed by atoms with Gasteiger partial charge in [-0.2, -0.15) is 5.26 Å². The van der Waals surface area contributed by atoms with E-state index in [4.69, 9.17) is 27.9 Å². The van der Waals surface area contributed by atoms with Gasteiger partial charge in [0.2, 0.25) is 0 Å². The second kappa shape index (κ2) is 11.3. The van der Waals surface area contributed by atoms with E-state index in [1.54, 1.807) is 30.0 Å². The van der Waals surface area contributed by atoms with E-state index in [1.165, 1.54) is 0 Å². The number of nitrogens with zero attached hydrogens (tertiary/aromatic N) is 4. The van der Waals surface area contributed by atoms with E-state index in [0.29, 0.717) is 46.5 Å². The summed E-state index contributed by atoms with van der Waals surface area (Å²) >= 11 is 12.0. The molecule has 0 spiro atoms. The zero-order valence-electron chi connectivity index (χ0n) is 20.7. The molecule has 1 aliphatic rings. The summed E-state index contributed by atoms with van der Waals surface area (Å²) in [5.41, 5.74) is 5.02. The summed E-state index contributed by atoms with van der Waals surface area (Å²) in [4.78, 5) is 19.8. The van der Waals surface area contributed by atoms with Gasteiger partial charge in [0.05, 0.1) is 18.2 Å². The zero-order valence-corrected chi connectivity index (χ0v) is 22.3. The molecule has 9 heteroatoms. The quantitative estimate of drug-likeness (QED) is 0.298. The van der Waals surface area contributed by atoms with E-state index in [-0.39, 0.29) is 6.03 Å². The Hall–Kier alpha value is -3.83. The highest BCUT2D eigenvalue weighted by Gasteiger charge is 2.27. The predicted molar refractivity (Wildman–Crippen MR) is 150 cm³/mol. The number of nitrogens with one attached hydrogen (secondary N) is 1. The standard InChI is InChI=1S/C29H25Cl2N5O2/c1-38-27-15-23-24-18-35(11-2-3-19-4-6-22(30)7-5-19)12-9-25(24)36(26(23)14-21(27)16-32)29(37)34-17-20-8-10-33-28(31)13-20/h2-8,10,13-15H,9,11-12,17-18H2,1H3,(H,34,37).